The van der Waals surface area contributed by atoms with Crippen molar-refractivity contribution >= 4 is 0 Å². The fourth-order valence-electron chi connectivity index (χ4n) is 1.06. The van der Waals surface area contributed by atoms with Gasteiger partial charge in [0.05, 0.1) is 12.5 Å². The molecule has 0 saturated carbocycles. The summed E-state index contributed by atoms with van der Waals surface area (Å²) in [4.78, 5) is 0. The molecule has 0 aromatic rings. The van der Waals surface area contributed by atoms with Crippen LogP contribution in [0.15, 0.2) is 0 Å². The topological polar surface area (TPSA) is 35.8 Å². The SMILES string of the molecule is CCC(CC#N)NCC(C)C(C)C. The zero-order valence-corrected chi connectivity index (χ0v) is 9.30. The van der Waals surface area contributed by atoms with Crippen LogP contribution >= 0.6 is 0 Å². The van der Waals surface area contributed by atoms with E-state index in [0.717, 1.165) is 13.0 Å². The predicted molar refractivity (Wildman–Crippen MR) is 56.3 cm³/mol. The summed E-state index contributed by atoms with van der Waals surface area (Å²) in [6, 6.07) is 2.59. The Morgan fingerprint density at radius 2 is 1.92 bits per heavy atom. The highest BCUT2D eigenvalue weighted by Crippen LogP contribution is 2.08. The van der Waals surface area contributed by atoms with Crippen LogP contribution in [0.5, 0.6) is 0 Å². The molecule has 2 heteroatoms. The van der Waals surface area contributed by atoms with Gasteiger partial charge in [0, 0.05) is 6.04 Å². The standard InChI is InChI=1S/C11H22N2/c1-5-11(6-7-12)13-8-10(4)9(2)3/h9-11,13H,5-6,8H2,1-4H3. The Kier molecular flexibility index (Phi) is 6.62. The summed E-state index contributed by atoms with van der Waals surface area (Å²) in [5, 5.41) is 12.0. The molecular formula is C11H22N2. The predicted octanol–water partition coefficient (Wildman–Crippen LogP) is 2.56. The number of rotatable bonds is 6. The maximum absolute atomic E-state index is 8.55. The first-order chi connectivity index (χ1) is 6.11. The summed E-state index contributed by atoms with van der Waals surface area (Å²) in [5.74, 6) is 1.40. The smallest absolute Gasteiger partial charge is 0.0638 e. The summed E-state index contributed by atoms with van der Waals surface area (Å²) >= 11 is 0. The number of nitrogens with zero attached hydrogens (tertiary/aromatic N) is 1. The maximum atomic E-state index is 8.55. The number of nitrogens with one attached hydrogen (secondary N) is 1. The van der Waals surface area contributed by atoms with Crippen LogP contribution in [0.1, 0.15) is 40.5 Å². The van der Waals surface area contributed by atoms with E-state index >= 15 is 0 Å². The van der Waals surface area contributed by atoms with Gasteiger partial charge < -0.3 is 5.32 Å². The normalized spacial score (nSPS) is 15.4. The van der Waals surface area contributed by atoms with Crippen LogP contribution in [0.3, 0.4) is 0 Å². The molecular weight excluding hydrogens is 160 g/mol. The fourth-order valence-corrected chi connectivity index (χ4v) is 1.06. The lowest BCUT2D eigenvalue weighted by molar-refractivity contribution is 0.364. The van der Waals surface area contributed by atoms with Gasteiger partial charge in [0.15, 0.2) is 0 Å². The molecule has 76 valence electrons. The molecule has 2 nitrogen and oxygen atoms in total. The van der Waals surface area contributed by atoms with Crippen molar-refractivity contribution in [2.75, 3.05) is 6.54 Å². The van der Waals surface area contributed by atoms with E-state index in [2.05, 4.69) is 39.1 Å². The molecule has 0 saturated heterocycles. The van der Waals surface area contributed by atoms with Crippen LogP contribution in [0, 0.1) is 23.2 Å². The summed E-state index contributed by atoms with van der Waals surface area (Å²) in [6.45, 7) is 9.86. The molecule has 2 unspecified atom stereocenters. The van der Waals surface area contributed by atoms with E-state index in [1.54, 1.807) is 0 Å². The molecule has 2 atom stereocenters. The van der Waals surface area contributed by atoms with Crippen molar-refractivity contribution in [3.8, 4) is 6.07 Å². The molecule has 0 rings (SSSR count). The molecule has 1 N–H and O–H groups in total. The van der Waals surface area contributed by atoms with Gasteiger partial charge in [-0.3, -0.25) is 0 Å². The highest BCUT2D eigenvalue weighted by Gasteiger charge is 2.09. The zero-order valence-electron chi connectivity index (χ0n) is 9.30. The van der Waals surface area contributed by atoms with Crippen LogP contribution in [0.2, 0.25) is 0 Å². The van der Waals surface area contributed by atoms with Crippen molar-refractivity contribution in [3.05, 3.63) is 0 Å². The van der Waals surface area contributed by atoms with Crippen LogP contribution in [0.25, 0.3) is 0 Å². The zero-order chi connectivity index (χ0) is 10.3. The van der Waals surface area contributed by atoms with Crippen LogP contribution in [-0.2, 0) is 0 Å². The summed E-state index contributed by atoms with van der Waals surface area (Å²) < 4.78 is 0. The first kappa shape index (κ1) is 12.4. The number of hydrogen-bond donors (Lipinski definition) is 1. The quantitative estimate of drug-likeness (QED) is 0.685. The summed E-state index contributed by atoms with van der Waals surface area (Å²) in [7, 11) is 0. The third-order valence-corrected chi connectivity index (χ3v) is 2.70. The molecule has 0 radical (unpaired) electrons. The molecule has 0 heterocycles. The van der Waals surface area contributed by atoms with Crippen LogP contribution in [0.4, 0.5) is 0 Å². The van der Waals surface area contributed by atoms with Crippen LogP contribution < -0.4 is 5.32 Å². The lowest BCUT2D eigenvalue weighted by Crippen LogP contribution is -2.33. The van der Waals surface area contributed by atoms with Gasteiger partial charge >= 0.3 is 0 Å². The van der Waals surface area contributed by atoms with Crippen LogP contribution in [-0.4, -0.2) is 12.6 Å². The first-order valence-electron chi connectivity index (χ1n) is 5.22. The van der Waals surface area contributed by atoms with E-state index in [9.17, 15) is 0 Å². The Labute approximate surface area is 82.3 Å². The monoisotopic (exact) mass is 182 g/mol. The van der Waals surface area contributed by atoms with Gasteiger partial charge in [0.2, 0.25) is 0 Å². The minimum atomic E-state index is 0.381. The Morgan fingerprint density at radius 1 is 1.31 bits per heavy atom. The van der Waals surface area contributed by atoms with Crippen molar-refractivity contribution in [3.63, 3.8) is 0 Å². The van der Waals surface area contributed by atoms with E-state index in [1.807, 2.05) is 0 Å². The molecule has 0 aliphatic rings. The molecule has 0 aromatic heterocycles. The minimum Gasteiger partial charge on any atom is -0.313 e. The van der Waals surface area contributed by atoms with Gasteiger partial charge in [-0.15, -0.1) is 0 Å². The lowest BCUT2D eigenvalue weighted by atomic mass is 9.97. The summed E-state index contributed by atoms with van der Waals surface area (Å²) in [5.41, 5.74) is 0. The van der Waals surface area contributed by atoms with E-state index in [-0.39, 0.29) is 0 Å². The number of nitriles is 1. The third kappa shape index (κ3) is 5.65. The van der Waals surface area contributed by atoms with Gasteiger partial charge in [-0.1, -0.05) is 27.7 Å². The van der Waals surface area contributed by atoms with Gasteiger partial charge in [-0.25, -0.2) is 0 Å². The van der Waals surface area contributed by atoms with Gasteiger partial charge in [0.25, 0.3) is 0 Å². The average molecular weight is 182 g/mol. The molecule has 0 fully saturated rings. The Bertz CT molecular complexity index is 158. The largest absolute Gasteiger partial charge is 0.313 e. The molecule has 0 aromatic carbocycles. The van der Waals surface area contributed by atoms with Gasteiger partial charge in [-0.2, -0.15) is 5.26 Å². The first-order valence-corrected chi connectivity index (χ1v) is 5.22. The third-order valence-electron chi connectivity index (χ3n) is 2.70. The molecule has 0 aliphatic heterocycles. The van der Waals surface area contributed by atoms with Gasteiger partial charge in [-0.05, 0) is 24.8 Å². The van der Waals surface area contributed by atoms with E-state index in [1.165, 1.54) is 0 Å². The van der Waals surface area contributed by atoms with E-state index in [0.29, 0.717) is 24.3 Å². The Hall–Kier alpha value is -0.550. The van der Waals surface area contributed by atoms with Crippen molar-refractivity contribution in [2.24, 2.45) is 11.8 Å². The van der Waals surface area contributed by atoms with Crippen molar-refractivity contribution in [1.82, 2.24) is 5.32 Å². The lowest BCUT2D eigenvalue weighted by Gasteiger charge is -2.20. The second-order valence-electron chi connectivity index (χ2n) is 4.10. The van der Waals surface area contributed by atoms with E-state index in [4.69, 9.17) is 5.26 Å². The van der Waals surface area contributed by atoms with Crippen molar-refractivity contribution in [2.45, 2.75) is 46.6 Å². The molecule has 13 heavy (non-hydrogen) atoms. The van der Waals surface area contributed by atoms with Crippen molar-refractivity contribution in [1.29, 1.82) is 5.26 Å². The Morgan fingerprint density at radius 3 is 2.31 bits per heavy atom. The van der Waals surface area contributed by atoms with Crippen molar-refractivity contribution < 1.29 is 0 Å². The average Bonchev–Trinajstić information content (AvgIpc) is 2.11. The molecule has 0 aliphatic carbocycles. The molecule has 0 spiro atoms. The Balaban J connectivity index is 3.66. The van der Waals surface area contributed by atoms with Gasteiger partial charge in [0.1, 0.15) is 0 Å². The summed E-state index contributed by atoms with van der Waals surface area (Å²) in [6.07, 6.45) is 1.67. The van der Waals surface area contributed by atoms with E-state index < -0.39 is 0 Å². The fraction of sp³-hybridized carbons (Fsp3) is 0.909. The molecule has 0 amide bonds. The molecule has 0 bridgehead atoms. The highest BCUT2D eigenvalue weighted by molar-refractivity contribution is 4.80. The minimum absolute atomic E-state index is 0.381. The highest BCUT2D eigenvalue weighted by atomic mass is 14.9. The second kappa shape index (κ2) is 6.91. The maximum Gasteiger partial charge on any atom is 0.0638 e. The second-order valence-corrected chi connectivity index (χ2v) is 4.10. The number of hydrogen-bond acceptors (Lipinski definition) is 2.